The van der Waals surface area contributed by atoms with E-state index < -0.39 is 42.0 Å². The predicted molar refractivity (Wildman–Crippen MR) is 129 cm³/mol. The third-order valence-electron chi connectivity index (χ3n) is 5.46. The molecule has 0 unspecified atom stereocenters. The molecule has 0 fully saturated rings. The lowest BCUT2D eigenvalue weighted by Crippen LogP contribution is -2.31. The van der Waals surface area contributed by atoms with E-state index in [1.165, 1.54) is 0 Å². The molecule has 39 heavy (non-hydrogen) atoms. The number of carbonyl (C=O) groups excluding carboxylic acids is 2. The number of halogens is 7. The monoisotopic (exact) mass is 581 g/mol. The van der Waals surface area contributed by atoms with Gasteiger partial charge in [-0.1, -0.05) is 11.6 Å². The molecule has 1 aromatic heterocycles. The summed E-state index contributed by atoms with van der Waals surface area (Å²) in [5.41, 5.74) is -2.59. The average Bonchev–Trinajstić information content (AvgIpc) is 3.16. The Morgan fingerprint density at radius 1 is 1.08 bits per heavy atom. The molecule has 4 N–H and O–H groups in total. The number of ether oxygens (including phenoxy) is 1. The predicted octanol–water partition coefficient (Wildman–Crippen LogP) is 3.97. The minimum Gasteiger partial charge on any atom is -0.466 e. The Kier molecular flexibility index (Phi) is 9.17. The summed E-state index contributed by atoms with van der Waals surface area (Å²) in [6.45, 7) is -0.676. The van der Waals surface area contributed by atoms with Crippen molar-refractivity contribution < 1.29 is 45.8 Å². The number of anilines is 3. The van der Waals surface area contributed by atoms with Gasteiger partial charge in [0.1, 0.15) is 11.5 Å². The number of aliphatic hydroxyl groups is 1. The summed E-state index contributed by atoms with van der Waals surface area (Å²) in [7, 11) is 1.08. The molecule has 1 aliphatic heterocycles. The van der Waals surface area contributed by atoms with E-state index in [-0.39, 0.29) is 59.7 Å². The van der Waals surface area contributed by atoms with Gasteiger partial charge in [0.15, 0.2) is 0 Å². The highest BCUT2D eigenvalue weighted by Crippen LogP contribution is 2.36. The van der Waals surface area contributed by atoms with Gasteiger partial charge in [-0.05, 0) is 24.3 Å². The number of aromatic nitrogens is 1. The third kappa shape index (κ3) is 7.23. The summed E-state index contributed by atoms with van der Waals surface area (Å²) in [6, 6.07) is 3.36. The van der Waals surface area contributed by atoms with Crippen LogP contribution < -0.4 is 16.0 Å². The Bertz CT molecular complexity index is 1270. The Morgan fingerprint density at radius 3 is 2.33 bits per heavy atom. The number of alkyl halides is 6. The standard InChI is InChI=1S/C23H22ClF6N5O4/c1-39-21(38)14-11-35(6-7-36)20(37)18(14)34-17-9-12(22(25,26)27)2-3-16(17)31-4-5-32-19-15(24)8-13(10-33-19)23(28,29)30/h2-3,8-10,31,34,36H,4-7,11H2,1H3,(H,32,33). The van der Waals surface area contributed by atoms with Crippen LogP contribution in [-0.4, -0.2) is 66.8 Å². The zero-order valence-electron chi connectivity index (χ0n) is 20.1. The SMILES string of the molecule is COC(=O)C1=C(Nc2cc(C(F)(F)F)ccc2NCCNc2ncc(C(F)(F)F)cc2Cl)C(=O)N(CCO)C1. The maximum atomic E-state index is 13.4. The lowest BCUT2D eigenvalue weighted by atomic mass is 10.1. The van der Waals surface area contributed by atoms with E-state index >= 15 is 0 Å². The molecule has 0 saturated heterocycles. The normalized spacial score (nSPS) is 14.1. The van der Waals surface area contributed by atoms with Crippen LogP contribution in [0.4, 0.5) is 43.5 Å². The molecular formula is C23H22ClF6N5O4. The van der Waals surface area contributed by atoms with Crippen molar-refractivity contribution >= 4 is 40.7 Å². The van der Waals surface area contributed by atoms with Gasteiger partial charge in [0.05, 0.1) is 53.4 Å². The fourth-order valence-corrected chi connectivity index (χ4v) is 3.80. The highest BCUT2D eigenvalue weighted by Gasteiger charge is 2.36. The lowest BCUT2D eigenvalue weighted by molar-refractivity contribution is -0.138. The Morgan fingerprint density at radius 2 is 1.74 bits per heavy atom. The fourth-order valence-electron chi connectivity index (χ4n) is 3.56. The number of rotatable bonds is 10. The number of hydrogen-bond donors (Lipinski definition) is 4. The van der Waals surface area contributed by atoms with Crippen molar-refractivity contribution in [1.29, 1.82) is 0 Å². The van der Waals surface area contributed by atoms with Crippen LogP contribution in [0.5, 0.6) is 0 Å². The molecule has 2 heterocycles. The largest absolute Gasteiger partial charge is 0.466 e. The highest BCUT2D eigenvalue weighted by molar-refractivity contribution is 6.33. The molecule has 3 rings (SSSR count). The maximum Gasteiger partial charge on any atom is 0.417 e. The molecule has 0 aliphatic carbocycles. The van der Waals surface area contributed by atoms with Gasteiger partial charge >= 0.3 is 18.3 Å². The Balaban J connectivity index is 1.81. The number of esters is 1. The molecule has 0 atom stereocenters. The summed E-state index contributed by atoms with van der Waals surface area (Å²) >= 11 is 5.85. The van der Waals surface area contributed by atoms with E-state index in [1.807, 2.05) is 0 Å². The van der Waals surface area contributed by atoms with E-state index in [9.17, 15) is 41.0 Å². The first kappa shape index (κ1) is 29.8. The third-order valence-corrected chi connectivity index (χ3v) is 5.75. The van der Waals surface area contributed by atoms with E-state index in [1.54, 1.807) is 0 Å². The van der Waals surface area contributed by atoms with Crippen LogP contribution in [0.2, 0.25) is 5.02 Å². The topological polar surface area (TPSA) is 116 Å². The Labute approximate surface area is 222 Å². The van der Waals surface area contributed by atoms with Crippen molar-refractivity contribution in [3.05, 3.63) is 57.9 Å². The molecule has 0 radical (unpaired) electrons. The first-order chi connectivity index (χ1) is 18.3. The molecular weight excluding hydrogens is 560 g/mol. The second-order valence-corrected chi connectivity index (χ2v) is 8.49. The van der Waals surface area contributed by atoms with Crippen molar-refractivity contribution in [1.82, 2.24) is 9.88 Å². The number of amides is 1. The van der Waals surface area contributed by atoms with Crippen LogP contribution in [0.1, 0.15) is 11.1 Å². The smallest absolute Gasteiger partial charge is 0.417 e. The van der Waals surface area contributed by atoms with Gasteiger partial charge in [-0.2, -0.15) is 26.3 Å². The minimum absolute atomic E-state index is 0.0343. The molecule has 2 aromatic rings. The summed E-state index contributed by atoms with van der Waals surface area (Å²) in [5.74, 6) is -1.64. The average molecular weight is 582 g/mol. The number of methoxy groups -OCH3 is 1. The van der Waals surface area contributed by atoms with Crippen molar-refractivity contribution in [3.8, 4) is 0 Å². The number of carbonyl (C=O) groups is 2. The number of pyridine rings is 1. The first-order valence-electron chi connectivity index (χ1n) is 11.2. The first-order valence-corrected chi connectivity index (χ1v) is 11.5. The summed E-state index contributed by atoms with van der Waals surface area (Å²) in [5, 5.41) is 17.1. The van der Waals surface area contributed by atoms with Gasteiger partial charge in [-0.3, -0.25) is 4.79 Å². The van der Waals surface area contributed by atoms with Crippen LogP contribution in [0.15, 0.2) is 41.7 Å². The van der Waals surface area contributed by atoms with Crippen LogP contribution in [0.25, 0.3) is 0 Å². The van der Waals surface area contributed by atoms with E-state index in [0.717, 1.165) is 30.2 Å². The highest BCUT2D eigenvalue weighted by atomic mass is 35.5. The van der Waals surface area contributed by atoms with Gasteiger partial charge in [0, 0.05) is 25.8 Å². The number of nitrogens with zero attached hydrogens (tertiary/aromatic N) is 2. The molecule has 9 nitrogen and oxygen atoms in total. The number of benzene rings is 1. The molecule has 0 spiro atoms. The van der Waals surface area contributed by atoms with E-state index in [4.69, 9.17) is 11.6 Å². The van der Waals surface area contributed by atoms with Gasteiger partial charge < -0.3 is 30.7 Å². The maximum absolute atomic E-state index is 13.4. The molecule has 1 aliphatic rings. The molecule has 1 aromatic carbocycles. The van der Waals surface area contributed by atoms with Crippen LogP contribution >= 0.6 is 11.6 Å². The van der Waals surface area contributed by atoms with E-state index in [0.29, 0.717) is 12.3 Å². The van der Waals surface area contributed by atoms with Gasteiger partial charge in [-0.15, -0.1) is 0 Å². The zero-order chi connectivity index (χ0) is 29.0. The van der Waals surface area contributed by atoms with Gasteiger partial charge in [-0.25, -0.2) is 9.78 Å². The molecule has 212 valence electrons. The summed E-state index contributed by atoms with van der Waals surface area (Å²) < 4.78 is 83.3. The minimum atomic E-state index is -4.72. The van der Waals surface area contributed by atoms with E-state index in [2.05, 4.69) is 25.7 Å². The quantitative estimate of drug-likeness (QED) is 0.189. The molecule has 1 amide bonds. The van der Waals surface area contributed by atoms with Crippen molar-refractivity contribution in [2.75, 3.05) is 55.8 Å². The Hall–Kier alpha value is -3.72. The molecule has 0 bridgehead atoms. The number of β-amino-alcohol motifs (C(OH)–C–C–N with tert-alkyl or cyclic N) is 1. The van der Waals surface area contributed by atoms with Gasteiger partial charge in [0.25, 0.3) is 5.91 Å². The van der Waals surface area contributed by atoms with Gasteiger partial charge in [0.2, 0.25) is 0 Å². The van der Waals surface area contributed by atoms with Crippen molar-refractivity contribution in [2.45, 2.75) is 12.4 Å². The van der Waals surface area contributed by atoms with Crippen LogP contribution in [-0.2, 0) is 26.7 Å². The second kappa shape index (κ2) is 12.0. The van der Waals surface area contributed by atoms with Crippen molar-refractivity contribution in [3.63, 3.8) is 0 Å². The number of hydrogen-bond acceptors (Lipinski definition) is 8. The molecule has 16 heteroatoms. The summed E-state index contributed by atoms with van der Waals surface area (Å²) in [6.07, 6.45) is -8.74. The van der Waals surface area contributed by atoms with Crippen LogP contribution in [0.3, 0.4) is 0 Å². The van der Waals surface area contributed by atoms with Crippen LogP contribution in [0, 0.1) is 0 Å². The number of nitrogens with one attached hydrogen (secondary N) is 3. The summed E-state index contributed by atoms with van der Waals surface area (Å²) in [4.78, 5) is 29.8. The fraction of sp³-hybridized carbons (Fsp3) is 0.348. The lowest BCUT2D eigenvalue weighted by Gasteiger charge is -2.18. The second-order valence-electron chi connectivity index (χ2n) is 8.08. The number of aliphatic hydroxyl groups excluding tert-OH is 1. The zero-order valence-corrected chi connectivity index (χ0v) is 20.9. The molecule has 0 saturated carbocycles. The van der Waals surface area contributed by atoms with Crippen molar-refractivity contribution in [2.24, 2.45) is 0 Å².